The number of fused-ring (bicyclic) bond motifs is 1. The minimum Gasteiger partial charge on any atom is -0.475 e. The van der Waals surface area contributed by atoms with Gasteiger partial charge in [0.25, 0.3) is 0 Å². The maximum absolute atomic E-state index is 13.1. The van der Waals surface area contributed by atoms with Crippen LogP contribution in [0.3, 0.4) is 0 Å². The van der Waals surface area contributed by atoms with E-state index in [1.807, 2.05) is 0 Å². The topological polar surface area (TPSA) is 160 Å². The molecule has 4 aromatic rings. The van der Waals surface area contributed by atoms with Crippen molar-refractivity contribution in [2.24, 2.45) is 0 Å². The van der Waals surface area contributed by atoms with Crippen molar-refractivity contribution in [2.75, 3.05) is 29.5 Å². The number of benzene rings is 3. The van der Waals surface area contributed by atoms with Crippen molar-refractivity contribution in [3.05, 3.63) is 101 Å². The molecule has 0 bridgehead atoms. The normalized spacial score (nSPS) is 12.9. The predicted octanol–water partition coefficient (Wildman–Crippen LogP) is 7.11. The Bertz CT molecular complexity index is 2030. The van der Waals surface area contributed by atoms with Crippen LogP contribution in [-0.4, -0.2) is 60.4 Å². The van der Waals surface area contributed by atoms with Crippen LogP contribution in [0.5, 0.6) is 11.5 Å². The molecule has 11 nitrogen and oxygen atoms in total. The minimum atomic E-state index is -5.08. The third-order valence-electron chi connectivity index (χ3n) is 6.77. The Morgan fingerprint density at radius 2 is 1.67 bits per heavy atom. The Hall–Kier alpha value is -5.36. The summed E-state index contributed by atoms with van der Waals surface area (Å²) in [6, 6.07) is 17.1. The summed E-state index contributed by atoms with van der Waals surface area (Å²) in [5.74, 6) is -2.48. The van der Waals surface area contributed by atoms with Crippen LogP contribution in [0.4, 0.5) is 43.7 Å². The molecule has 0 aliphatic carbocycles. The monoisotopic (exact) mass is 757 g/mol. The number of carbonyl (C=O) groups is 2. The summed E-state index contributed by atoms with van der Waals surface area (Å²) in [6.07, 6.45) is -6.28. The molecule has 0 radical (unpaired) electrons. The number of carboxylic acid groups (broad SMARTS) is 1. The number of carbonyl (C=O) groups excluding carboxylic acids is 1. The van der Waals surface area contributed by atoms with E-state index >= 15 is 0 Å². The van der Waals surface area contributed by atoms with Crippen molar-refractivity contribution in [3.63, 3.8) is 0 Å². The summed E-state index contributed by atoms with van der Waals surface area (Å²) < 4.78 is 102. The Labute approximate surface area is 291 Å². The number of aliphatic carboxylic acids is 1. The molecule has 5 rings (SSSR count). The second kappa shape index (κ2) is 16.1. The first-order chi connectivity index (χ1) is 23.9. The smallest absolute Gasteiger partial charge is 0.475 e. The fraction of sp³-hybridized carbons (Fsp3) is 0.188. The van der Waals surface area contributed by atoms with Crippen LogP contribution in [0.25, 0.3) is 6.08 Å². The van der Waals surface area contributed by atoms with Gasteiger partial charge in [-0.2, -0.15) is 26.3 Å². The van der Waals surface area contributed by atoms with Gasteiger partial charge in [0, 0.05) is 24.4 Å². The van der Waals surface area contributed by atoms with Crippen molar-refractivity contribution in [3.8, 4) is 11.5 Å². The van der Waals surface area contributed by atoms with Crippen LogP contribution < -0.4 is 20.7 Å². The Morgan fingerprint density at radius 1 is 0.961 bits per heavy atom. The molecular formula is C32H26ClF6N5O6S. The van der Waals surface area contributed by atoms with Crippen molar-refractivity contribution >= 4 is 56.7 Å². The largest absolute Gasteiger partial charge is 0.490 e. The van der Waals surface area contributed by atoms with Gasteiger partial charge in [-0.25, -0.2) is 23.2 Å². The lowest BCUT2D eigenvalue weighted by Crippen LogP contribution is -2.30. The second-order valence-corrected chi connectivity index (χ2v) is 12.9. The molecule has 51 heavy (non-hydrogen) atoms. The van der Waals surface area contributed by atoms with Crippen molar-refractivity contribution < 1.29 is 54.2 Å². The van der Waals surface area contributed by atoms with Crippen LogP contribution in [0.1, 0.15) is 17.5 Å². The molecule has 19 heteroatoms. The highest BCUT2D eigenvalue weighted by Crippen LogP contribution is 2.36. The van der Waals surface area contributed by atoms with E-state index in [1.54, 1.807) is 30.3 Å². The zero-order chi connectivity index (χ0) is 37.4. The Kier molecular flexibility index (Phi) is 12.1. The van der Waals surface area contributed by atoms with Crippen LogP contribution in [0, 0.1) is 0 Å². The van der Waals surface area contributed by atoms with Crippen LogP contribution in [-0.2, 0) is 25.6 Å². The number of nitrogens with one attached hydrogen (secondary N) is 3. The first-order valence-corrected chi connectivity index (χ1v) is 16.5. The first kappa shape index (κ1) is 38.4. The number of carboxylic acids is 1. The van der Waals surface area contributed by atoms with Crippen molar-refractivity contribution in [2.45, 2.75) is 23.7 Å². The molecule has 0 spiro atoms. The summed E-state index contributed by atoms with van der Waals surface area (Å²) in [5, 5.41) is 16.2. The van der Waals surface area contributed by atoms with Crippen molar-refractivity contribution in [1.29, 1.82) is 0 Å². The lowest BCUT2D eigenvalue weighted by Gasteiger charge is -2.14. The molecule has 270 valence electrons. The molecule has 1 amide bonds. The second-order valence-electron chi connectivity index (χ2n) is 10.4. The van der Waals surface area contributed by atoms with Gasteiger partial charge in [-0.05, 0) is 61.0 Å². The van der Waals surface area contributed by atoms with Gasteiger partial charge in [0.1, 0.15) is 29.5 Å². The van der Waals surface area contributed by atoms with E-state index < -0.39 is 39.6 Å². The highest BCUT2D eigenvalue weighted by molar-refractivity contribution is 7.91. The predicted molar refractivity (Wildman–Crippen MR) is 175 cm³/mol. The average molecular weight is 758 g/mol. The van der Waals surface area contributed by atoms with Crippen molar-refractivity contribution in [1.82, 2.24) is 15.3 Å². The van der Waals surface area contributed by atoms with E-state index in [0.717, 1.165) is 12.1 Å². The third kappa shape index (κ3) is 10.8. The fourth-order valence-corrected chi connectivity index (χ4v) is 5.73. The lowest BCUT2D eigenvalue weighted by molar-refractivity contribution is -0.192. The summed E-state index contributed by atoms with van der Waals surface area (Å²) in [4.78, 5) is 30.7. The van der Waals surface area contributed by atoms with E-state index in [0.29, 0.717) is 41.4 Å². The van der Waals surface area contributed by atoms with E-state index in [1.165, 1.54) is 42.7 Å². The van der Waals surface area contributed by atoms with Gasteiger partial charge in [0.15, 0.2) is 9.84 Å². The number of amides is 1. The average Bonchev–Trinajstić information content (AvgIpc) is 3.30. The van der Waals surface area contributed by atoms with Gasteiger partial charge in [0.2, 0.25) is 5.91 Å². The fourth-order valence-electron chi connectivity index (χ4n) is 4.33. The molecule has 0 unspecified atom stereocenters. The van der Waals surface area contributed by atoms with Gasteiger partial charge in [-0.1, -0.05) is 35.9 Å². The van der Waals surface area contributed by atoms with Gasteiger partial charge in [-0.3, -0.25) is 4.79 Å². The number of aromatic nitrogens is 2. The molecule has 3 aromatic carbocycles. The number of halogens is 7. The number of sulfone groups is 1. The molecule has 0 saturated heterocycles. The maximum Gasteiger partial charge on any atom is 0.490 e. The molecule has 2 heterocycles. The summed E-state index contributed by atoms with van der Waals surface area (Å²) in [6.45, 7) is 0.329. The van der Waals surface area contributed by atoms with E-state index in [-0.39, 0.29) is 33.7 Å². The quantitative estimate of drug-likeness (QED) is 0.130. The number of anilines is 3. The minimum absolute atomic E-state index is 0.0248. The first-order valence-electron chi connectivity index (χ1n) is 14.5. The zero-order valence-corrected chi connectivity index (χ0v) is 27.4. The summed E-state index contributed by atoms with van der Waals surface area (Å²) in [7, 11) is -3.56. The van der Waals surface area contributed by atoms with Crippen LogP contribution in [0.15, 0.2) is 89.6 Å². The third-order valence-corrected chi connectivity index (χ3v) is 8.79. The van der Waals surface area contributed by atoms with Crippen LogP contribution in [0.2, 0.25) is 5.02 Å². The highest BCUT2D eigenvalue weighted by atomic mass is 35.5. The van der Waals surface area contributed by atoms with Gasteiger partial charge >= 0.3 is 18.3 Å². The molecule has 1 aliphatic heterocycles. The Morgan fingerprint density at radius 3 is 2.31 bits per heavy atom. The lowest BCUT2D eigenvalue weighted by atomic mass is 10.1. The van der Waals surface area contributed by atoms with Gasteiger partial charge in [-0.15, -0.1) is 0 Å². The number of alkyl halides is 6. The number of hydrogen-bond acceptors (Lipinski definition) is 9. The molecule has 0 fully saturated rings. The van der Waals surface area contributed by atoms with E-state index in [4.69, 9.17) is 26.2 Å². The molecule has 0 atom stereocenters. The maximum atomic E-state index is 13.1. The van der Waals surface area contributed by atoms with E-state index in [2.05, 4.69) is 25.9 Å². The van der Waals surface area contributed by atoms with Gasteiger partial charge < -0.3 is 25.8 Å². The van der Waals surface area contributed by atoms with Gasteiger partial charge in [0.05, 0.1) is 26.8 Å². The number of hydrogen-bond donors (Lipinski definition) is 4. The van der Waals surface area contributed by atoms with E-state index in [9.17, 15) is 39.6 Å². The highest BCUT2D eigenvalue weighted by Gasteiger charge is 2.38. The zero-order valence-electron chi connectivity index (χ0n) is 25.8. The summed E-state index contributed by atoms with van der Waals surface area (Å²) >= 11 is 6.39. The molecule has 1 aliphatic rings. The standard InChI is InChI=1S/C30H25ClF3N5O4S.C2HF3O2/c31-25-17-21(9-10-26(25)43-22-6-4-5-20(16-22)30(32,33)34)39-28-24-15-19(11-12-35-27(24)37-18-38-28)29(40)36-13-14-44(41,42)23-7-2-1-3-8-23;3-2(4,5)1(6)7/h1-10,15-18H,11-14H2,(H,36,40)(H2,35,37,38,39);(H,6,7). The number of rotatable bonds is 9. The van der Waals surface area contributed by atoms with Crippen LogP contribution >= 0.6 is 11.6 Å². The molecule has 1 aromatic heterocycles. The molecule has 4 N–H and O–H groups in total. The SMILES string of the molecule is O=C(NCCS(=O)(=O)c1ccccc1)C1=Cc2c(ncnc2Nc2ccc(Oc3cccc(C(F)(F)F)c3)c(Cl)c2)NCC1.O=C(O)C(F)(F)F. The number of ether oxygens (including phenoxy) is 1. The summed E-state index contributed by atoms with van der Waals surface area (Å²) in [5.41, 5.74) is 0.532. The molecular weight excluding hydrogens is 732 g/mol. The Balaban J connectivity index is 0.000000755. The molecule has 0 saturated carbocycles. The number of nitrogens with zero attached hydrogens (tertiary/aromatic N) is 2.